The van der Waals surface area contributed by atoms with E-state index in [-0.39, 0.29) is 17.7 Å². The van der Waals surface area contributed by atoms with Crippen molar-refractivity contribution >= 4 is 0 Å². The summed E-state index contributed by atoms with van der Waals surface area (Å²) in [5.74, 6) is 0.347. The molecule has 1 aliphatic carbocycles. The van der Waals surface area contributed by atoms with Gasteiger partial charge in [0.1, 0.15) is 11.6 Å². The summed E-state index contributed by atoms with van der Waals surface area (Å²) in [7, 11) is 0. The molecule has 0 radical (unpaired) electrons. The lowest BCUT2D eigenvalue weighted by Crippen LogP contribution is -2.24. The van der Waals surface area contributed by atoms with E-state index in [2.05, 4.69) is 5.32 Å². The van der Waals surface area contributed by atoms with Gasteiger partial charge in [-0.05, 0) is 54.3 Å². The zero-order valence-corrected chi connectivity index (χ0v) is 13.3. The van der Waals surface area contributed by atoms with Gasteiger partial charge >= 0.3 is 0 Å². The van der Waals surface area contributed by atoms with Crippen LogP contribution in [-0.2, 0) is 0 Å². The standard InChI is InChI=1S/C20H23F2N/c21-18-9-5-16(6-10-18)20(17-7-11-19(22)12-8-17)23-14-13-15-3-1-2-4-15/h5-12,15,20,23H,1-4,13-14H2. The monoisotopic (exact) mass is 315 g/mol. The van der Waals surface area contributed by atoms with Crippen LogP contribution in [0.15, 0.2) is 48.5 Å². The van der Waals surface area contributed by atoms with E-state index in [1.165, 1.54) is 56.4 Å². The van der Waals surface area contributed by atoms with Crippen molar-refractivity contribution in [3.8, 4) is 0 Å². The van der Waals surface area contributed by atoms with Gasteiger partial charge in [-0.25, -0.2) is 8.78 Å². The summed E-state index contributed by atoms with van der Waals surface area (Å²) in [5, 5.41) is 3.57. The van der Waals surface area contributed by atoms with E-state index < -0.39 is 0 Å². The van der Waals surface area contributed by atoms with Crippen LogP contribution in [0.1, 0.15) is 49.3 Å². The van der Waals surface area contributed by atoms with Crippen LogP contribution in [0, 0.1) is 17.6 Å². The lowest BCUT2D eigenvalue weighted by molar-refractivity contribution is 0.462. The van der Waals surface area contributed by atoms with Gasteiger partial charge in [0.25, 0.3) is 0 Å². The molecular weight excluding hydrogens is 292 g/mol. The molecule has 0 amide bonds. The zero-order chi connectivity index (χ0) is 16.1. The Balaban J connectivity index is 1.72. The van der Waals surface area contributed by atoms with Crippen molar-refractivity contribution in [3.05, 3.63) is 71.3 Å². The van der Waals surface area contributed by atoms with Gasteiger partial charge in [0.15, 0.2) is 0 Å². The van der Waals surface area contributed by atoms with Gasteiger partial charge < -0.3 is 5.32 Å². The minimum atomic E-state index is -0.238. The van der Waals surface area contributed by atoms with Crippen molar-refractivity contribution in [1.82, 2.24) is 5.32 Å². The molecule has 23 heavy (non-hydrogen) atoms. The normalized spacial score (nSPS) is 15.4. The Bertz CT molecular complexity index is 555. The molecule has 0 heterocycles. The second kappa shape index (κ2) is 7.69. The Kier molecular flexibility index (Phi) is 5.39. The molecule has 1 fully saturated rings. The SMILES string of the molecule is Fc1ccc(C(NCCC2CCCC2)c2ccc(F)cc2)cc1. The van der Waals surface area contributed by atoms with E-state index in [1.54, 1.807) is 24.3 Å². The first-order chi connectivity index (χ1) is 11.2. The van der Waals surface area contributed by atoms with Crippen molar-refractivity contribution in [2.24, 2.45) is 5.92 Å². The van der Waals surface area contributed by atoms with Gasteiger partial charge in [-0.1, -0.05) is 49.9 Å². The number of hydrogen-bond donors (Lipinski definition) is 1. The number of rotatable bonds is 6. The second-order valence-corrected chi connectivity index (χ2v) is 6.43. The van der Waals surface area contributed by atoms with E-state index >= 15 is 0 Å². The maximum Gasteiger partial charge on any atom is 0.123 e. The molecule has 1 saturated carbocycles. The van der Waals surface area contributed by atoms with Crippen LogP contribution >= 0.6 is 0 Å². The lowest BCUT2D eigenvalue weighted by atomic mass is 9.97. The second-order valence-electron chi connectivity index (χ2n) is 6.43. The minimum absolute atomic E-state index is 0.0300. The molecule has 3 rings (SSSR count). The molecule has 122 valence electrons. The molecule has 0 aromatic heterocycles. The van der Waals surface area contributed by atoms with Gasteiger partial charge in [0.05, 0.1) is 6.04 Å². The molecule has 0 unspecified atom stereocenters. The Morgan fingerprint density at radius 2 is 1.30 bits per heavy atom. The fraction of sp³-hybridized carbons (Fsp3) is 0.400. The molecule has 1 N–H and O–H groups in total. The predicted molar refractivity (Wildman–Crippen MR) is 89.2 cm³/mol. The van der Waals surface area contributed by atoms with Crippen LogP contribution in [0.3, 0.4) is 0 Å². The average Bonchev–Trinajstić information content (AvgIpc) is 3.07. The smallest absolute Gasteiger partial charge is 0.123 e. The molecule has 2 aromatic carbocycles. The molecule has 3 heteroatoms. The Labute approximate surface area is 136 Å². The summed E-state index contributed by atoms with van der Waals surface area (Å²) in [5.41, 5.74) is 2.01. The van der Waals surface area contributed by atoms with Gasteiger partial charge in [-0.15, -0.1) is 0 Å². The summed E-state index contributed by atoms with van der Waals surface area (Å²) in [6.07, 6.45) is 6.53. The first kappa shape index (κ1) is 16.1. The highest BCUT2D eigenvalue weighted by atomic mass is 19.1. The van der Waals surface area contributed by atoms with E-state index in [0.717, 1.165) is 23.6 Å². The first-order valence-electron chi connectivity index (χ1n) is 8.47. The highest BCUT2D eigenvalue weighted by Crippen LogP contribution is 2.28. The van der Waals surface area contributed by atoms with Crippen molar-refractivity contribution in [3.63, 3.8) is 0 Å². The molecule has 0 spiro atoms. The van der Waals surface area contributed by atoms with E-state index in [4.69, 9.17) is 0 Å². The molecule has 0 aliphatic heterocycles. The number of nitrogens with one attached hydrogen (secondary N) is 1. The van der Waals surface area contributed by atoms with Gasteiger partial charge in [-0.3, -0.25) is 0 Å². The third kappa shape index (κ3) is 4.38. The van der Waals surface area contributed by atoms with Crippen LogP contribution in [-0.4, -0.2) is 6.54 Å². The van der Waals surface area contributed by atoms with Gasteiger partial charge in [0, 0.05) is 0 Å². The predicted octanol–water partition coefficient (Wildman–Crippen LogP) is 5.22. The van der Waals surface area contributed by atoms with Crippen LogP contribution in [0.25, 0.3) is 0 Å². The molecule has 1 nitrogen and oxygen atoms in total. The fourth-order valence-electron chi connectivity index (χ4n) is 3.47. The third-order valence-electron chi connectivity index (χ3n) is 4.78. The lowest BCUT2D eigenvalue weighted by Gasteiger charge is -2.21. The quantitative estimate of drug-likeness (QED) is 0.770. The molecule has 1 aliphatic rings. The molecule has 0 bridgehead atoms. The van der Waals surface area contributed by atoms with E-state index in [0.29, 0.717) is 0 Å². The summed E-state index contributed by atoms with van der Waals surface area (Å²) in [4.78, 5) is 0. The maximum absolute atomic E-state index is 13.2. The number of halogens is 2. The Morgan fingerprint density at radius 3 is 1.78 bits per heavy atom. The largest absolute Gasteiger partial charge is 0.306 e. The summed E-state index contributed by atoms with van der Waals surface area (Å²) < 4.78 is 26.4. The Hall–Kier alpha value is -1.74. The van der Waals surface area contributed by atoms with Crippen molar-refractivity contribution in [2.75, 3.05) is 6.54 Å². The minimum Gasteiger partial charge on any atom is -0.306 e. The number of hydrogen-bond acceptors (Lipinski definition) is 1. The number of benzene rings is 2. The highest BCUT2D eigenvalue weighted by Gasteiger charge is 2.17. The van der Waals surface area contributed by atoms with Crippen LogP contribution in [0.5, 0.6) is 0 Å². The maximum atomic E-state index is 13.2. The summed E-state index contributed by atoms with van der Waals surface area (Å²) in [6.45, 7) is 0.921. The highest BCUT2D eigenvalue weighted by molar-refractivity contribution is 5.32. The topological polar surface area (TPSA) is 12.0 Å². The van der Waals surface area contributed by atoms with Crippen molar-refractivity contribution in [1.29, 1.82) is 0 Å². The zero-order valence-electron chi connectivity index (χ0n) is 13.3. The third-order valence-corrected chi connectivity index (χ3v) is 4.78. The first-order valence-corrected chi connectivity index (χ1v) is 8.47. The molecule has 2 aromatic rings. The van der Waals surface area contributed by atoms with Crippen LogP contribution in [0.4, 0.5) is 8.78 Å². The Morgan fingerprint density at radius 1 is 0.826 bits per heavy atom. The van der Waals surface area contributed by atoms with E-state index in [9.17, 15) is 8.78 Å². The van der Waals surface area contributed by atoms with Gasteiger partial charge in [-0.2, -0.15) is 0 Å². The van der Waals surface area contributed by atoms with E-state index in [1.807, 2.05) is 0 Å². The van der Waals surface area contributed by atoms with Crippen molar-refractivity contribution < 1.29 is 8.78 Å². The molecule has 0 atom stereocenters. The fourth-order valence-corrected chi connectivity index (χ4v) is 3.47. The molecule has 0 saturated heterocycles. The van der Waals surface area contributed by atoms with Crippen LogP contribution in [0.2, 0.25) is 0 Å². The average molecular weight is 315 g/mol. The molecular formula is C20H23F2N. The van der Waals surface area contributed by atoms with Crippen LogP contribution < -0.4 is 5.32 Å². The van der Waals surface area contributed by atoms with Gasteiger partial charge in [0.2, 0.25) is 0 Å². The van der Waals surface area contributed by atoms with Crippen molar-refractivity contribution in [2.45, 2.75) is 38.1 Å². The summed E-state index contributed by atoms with van der Waals surface area (Å²) in [6, 6.07) is 13.1. The summed E-state index contributed by atoms with van der Waals surface area (Å²) >= 11 is 0.